The summed E-state index contributed by atoms with van der Waals surface area (Å²) in [4.78, 5) is 15.2. The number of aryl methyl sites for hydroxylation is 1. The van der Waals surface area contributed by atoms with E-state index in [4.69, 9.17) is 10.5 Å². The van der Waals surface area contributed by atoms with Crippen LogP contribution in [0, 0.1) is 6.92 Å². The van der Waals surface area contributed by atoms with Crippen molar-refractivity contribution in [1.82, 2.24) is 4.98 Å². The molecule has 0 radical (unpaired) electrons. The molecule has 2 rings (SSSR count). The Bertz CT molecular complexity index is 533. The van der Waals surface area contributed by atoms with Crippen LogP contribution in [-0.4, -0.2) is 18.0 Å². The predicted octanol–water partition coefficient (Wildman–Crippen LogP) is 1.71. The molecule has 0 spiro atoms. The van der Waals surface area contributed by atoms with Gasteiger partial charge >= 0.3 is 0 Å². The molecule has 2 aromatic rings. The molecule has 1 heterocycles. The molecule has 78 valence electrons. The maximum absolute atomic E-state index is 11.0. The van der Waals surface area contributed by atoms with Gasteiger partial charge in [0, 0.05) is 0 Å². The molecule has 2 N–H and O–H groups in total. The quantitative estimate of drug-likeness (QED) is 0.841. The van der Waals surface area contributed by atoms with Crippen molar-refractivity contribution in [2.75, 3.05) is 7.11 Å². The van der Waals surface area contributed by atoms with E-state index in [1.165, 1.54) is 11.3 Å². The predicted molar refractivity (Wildman–Crippen MR) is 59.4 cm³/mol. The van der Waals surface area contributed by atoms with Crippen LogP contribution in [0.2, 0.25) is 0 Å². The summed E-state index contributed by atoms with van der Waals surface area (Å²) in [5.74, 6) is 0.164. The van der Waals surface area contributed by atoms with Crippen LogP contribution in [0.1, 0.15) is 15.4 Å². The van der Waals surface area contributed by atoms with Crippen LogP contribution in [0.4, 0.5) is 0 Å². The van der Waals surface area contributed by atoms with Crippen molar-refractivity contribution in [2.24, 2.45) is 5.73 Å². The van der Waals surface area contributed by atoms with Gasteiger partial charge in [0.15, 0.2) is 5.01 Å². The minimum atomic E-state index is -0.502. The van der Waals surface area contributed by atoms with Crippen molar-refractivity contribution in [3.05, 3.63) is 22.7 Å². The minimum Gasteiger partial charge on any atom is -0.494 e. The molecule has 15 heavy (non-hydrogen) atoms. The van der Waals surface area contributed by atoms with Crippen LogP contribution >= 0.6 is 11.3 Å². The number of nitrogens with zero attached hydrogens (tertiary/aromatic N) is 1. The number of hydrogen-bond donors (Lipinski definition) is 1. The Hall–Kier alpha value is -1.62. The highest BCUT2D eigenvalue weighted by atomic mass is 32.1. The van der Waals surface area contributed by atoms with Gasteiger partial charge in [-0.3, -0.25) is 4.79 Å². The first-order valence-corrected chi connectivity index (χ1v) is 5.19. The molecule has 0 saturated heterocycles. The van der Waals surface area contributed by atoms with Crippen molar-refractivity contribution in [3.63, 3.8) is 0 Å². The average molecular weight is 222 g/mol. The fourth-order valence-corrected chi connectivity index (χ4v) is 2.28. The molecule has 1 amide bonds. The maximum Gasteiger partial charge on any atom is 0.277 e. The number of primary amides is 1. The lowest BCUT2D eigenvalue weighted by Crippen LogP contribution is -2.09. The number of ether oxygens (including phenoxy) is 1. The van der Waals surface area contributed by atoms with Crippen molar-refractivity contribution >= 4 is 27.5 Å². The van der Waals surface area contributed by atoms with Crippen LogP contribution in [0.5, 0.6) is 5.75 Å². The summed E-state index contributed by atoms with van der Waals surface area (Å²) < 4.78 is 6.11. The Morgan fingerprint density at radius 1 is 1.53 bits per heavy atom. The molecule has 0 aliphatic carbocycles. The maximum atomic E-state index is 11.0. The topological polar surface area (TPSA) is 65.2 Å². The molecular weight excluding hydrogens is 212 g/mol. The largest absolute Gasteiger partial charge is 0.494 e. The van der Waals surface area contributed by atoms with E-state index in [2.05, 4.69) is 4.98 Å². The van der Waals surface area contributed by atoms with Crippen LogP contribution in [0.15, 0.2) is 12.1 Å². The van der Waals surface area contributed by atoms with E-state index in [1.54, 1.807) is 7.11 Å². The number of rotatable bonds is 2. The molecule has 0 bridgehead atoms. The second kappa shape index (κ2) is 3.51. The number of methoxy groups -OCH3 is 1. The fourth-order valence-electron chi connectivity index (χ4n) is 1.38. The first kappa shape index (κ1) is 9.92. The van der Waals surface area contributed by atoms with E-state index in [9.17, 15) is 4.79 Å². The summed E-state index contributed by atoms with van der Waals surface area (Å²) in [6, 6.07) is 3.77. The third kappa shape index (κ3) is 1.55. The van der Waals surface area contributed by atoms with Crippen molar-refractivity contribution in [2.45, 2.75) is 6.92 Å². The zero-order valence-corrected chi connectivity index (χ0v) is 9.22. The van der Waals surface area contributed by atoms with Gasteiger partial charge in [0.05, 0.1) is 11.8 Å². The summed E-state index contributed by atoms with van der Waals surface area (Å²) in [6.45, 7) is 1.96. The zero-order chi connectivity index (χ0) is 11.0. The number of carbonyl (C=O) groups excluding carboxylic acids is 1. The number of thiazole rings is 1. The highest BCUT2D eigenvalue weighted by molar-refractivity contribution is 7.20. The Morgan fingerprint density at radius 3 is 2.87 bits per heavy atom. The highest BCUT2D eigenvalue weighted by Crippen LogP contribution is 2.32. The summed E-state index contributed by atoms with van der Waals surface area (Å²) in [5.41, 5.74) is 6.96. The van der Waals surface area contributed by atoms with E-state index in [0.29, 0.717) is 16.3 Å². The van der Waals surface area contributed by atoms with Gasteiger partial charge in [-0.1, -0.05) is 6.07 Å². The molecule has 0 atom stereocenters. The monoisotopic (exact) mass is 222 g/mol. The fraction of sp³-hybridized carbons (Fsp3) is 0.200. The standard InChI is InChI=1S/C10H10N2O2S/c1-5-3-4-6(14-2)7-8(5)15-10(12-7)9(11)13/h3-4H,1-2H3,(H2,11,13). The average Bonchev–Trinajstić information content (AvgIpc) is 2.64. The van der Waals surface area contributed by atoms with Crippen molar-refractivity contribution in [1.29, 1.82) is 0 Å². The van der Waals surface area contributed by atoms with Gasteiger partial charge in [0.2, 0.25) is 0 Å². The molecule has 0 aliphatic heterocycles. The Labute approximate surface area is 90.7 Å². The lowest BCUT2D eigenvalue weighted by Gasteiger charge is -2.01. The van der Waals surface area contributed by atoms with E-state index in [1.807, 2.05) is 19.1 Å². The van der Waals surface area contributed by atoms with Crippen LogP contribution in [0.3, 0.4) is 0 Å². The number of fused-ring (bicyclic) bond motifs is 1. The smallest absolute Gasteiger partial charge is 0.277 e. The molecule has 1 aromatic carbocycles. The molecule has 0 saturated carbocycles. The zero-order valence-electron chi connectivity index (χ0n) is 8.40. The Balaban J connectivity index is 2.77. The van der Waals surface area contributed by atoms with E-state index in [-0.39, 0.29) is 0 Å². The second-order valence-corrected chi connectivity index (χ2v) is 4.14. The lowest BCUT2D eigenvalue weighted by molar-refractivity contribution is 0.1000. The van der Waals surface area contributed by atoms with Gasteiger partial charge in [-0.25, -0.2) is 4.98 Å². The van der Waals surface area contributed by atoms with E-state index >= 15 is 0 Å². The van der Waals surface area contributed by atoms with Gasteiger partial charge in [0.1, 0.15) is 11.3 Å². The highest BCUT2D eigenvalue weighted by Gasteiger charge is 2.13. The van der Waals surface area contributed by atoms with Gasteiger partial charge in [0.25, 0.3) is 5.91 Å². The van der Waals surface area contributed by atoms with E-state index < -0.39 is 5.91 Å². The summed E-state index contributed by atoms with van der Waals surface area (Å²) >= 11 is 1.30. The molecule has 0 fully saturated rings. The molecular formula is C10H10N2O2S. The Kier molecular flexibility index (Phi) is 2.32. The van der Waals surface area contributed by atoms with Crippen LogP contribution in [0.25, 0.3) is 10.2 Å². The molecule has 0 aliphatic rings. The Morgan fingerprint density at radius 2 is 2.27 bits per heavy atom. The number of nitrogens with two attached hydrogens (primary N) is 1. The molecule has 5 heteroatoms. The van der Waals surface area contributed by atoms with Crippen molar-refractivity contribution < 1.29 is 9.53 Å². The third-order valence-corrected chi connectivity index (χ3v) is 3.34. The van der Waals surface area contributed by atoms with E-state index in [0.717, 1.165) is 10.3 Å². The summed E-state index contributed by atoms with van der Waals surface area (Å²) in [5, 5.41) is 0.317. The van der Waals surface area contributed by atoms with Crippen LogP contribution in [-0.2, 0) is 0 Å². The summed E-state index contributed by atoms with van der Waals surface area (Å²) in [7, 11) is 1.58. The molecule has 0 unspecified atom stereocenters. The molecule has 1 aromatic heterocycles. The lowest BCUT2D eigenvalue weighted by atomic mass is 10.2. The minimum absolute atomic E-state index is 0.317. The SMILES string of the molecule is COc1ccc(C)c2sc(C(N)=O)nc12. The second-order valence-electron chi connectivity index (χ2n) is 3.15. The third-order valence-electron chi connectivity index (χ3n) is 2.13. The molecule has 4 nitrogen and oxygen atoms in total. The number of aromatic nitrogens is 1. The first-order valence-electron chi connectivity index (χ1n) is 4.37. The van der Waals surface area contributed by atoms with Crippen molar-refractivity contribution in [3.8, 4) is 5.75 Å². The number of benzene rings is 1. The number of carbonyl (C=O) groups is 1. The van der Waals surface area contributed by atoms with Gasteiger partial charge in [-0.2, -0.15) is 0 Å². The van der Waals surface area contributed by atoms with Gasteiger partial charge < -0.3 is 10.5 Å². The number of hydrogen-bond acceptors (Lipinski definition) is 4. The van der Waals surface area contributed by atoms with Gasteiger partial charge in [-0.15, -0.1) is 11.3 Å². The summed E-state index contributed by atoms with van der Waals surface area (Å²) in [6.07, 6.45) is 0. The van der Waals surface area contributed by atoms with Crippen LogP contribution < -0.4 is 10.5 Å². The first-order chi connectivity index (χ1) is 7.13. The normalized spacial score (nSPS) is 10.5. The number of amides is 1. The van der Waals surface area contributed by atoms with Gasteiger partial charge in [-0.05, 0) is 18.6 Å².